The van der Waals surface area contributed by atoms with Crippen LogP contribution in [0.4, 0.5) is 11.5 Å². The fourth-order valence-electron chi connectivity index (χ4n) is 1.61. The monoisotopic (exact) mass is 311 g/mol. The Labute approximate surface area is 128 Å². The zero-order valence-corrected chi connectivity index (χ0v) is 13.0. The number of hydrogen-bond donors (Lipinski definition) is 1. The second-order valence-corrected chi connectivity index (χ2v) is 5.35. The van der Waals surface area contributed by atoms with Crippen LogP contribution in [0.15, 0.2) is 24.4 Å². The molecule has 2 aromatic rings. The topological polar surface area (TPSA) is 47.0 Å². The summed E-state index contributed by atoms with van der Waals surface area (Å²) in [5.74, 6) is 1.28. The fraction of sp³-hybridized carbons (Fsp3) is 0.286. The molecule has 4 nitrogen and oxygen atoms in total. The average Bonchev–Trinajstić information content (AvgIpc) is 2.37. The van der Waals surface area contributed by atoms with Crippen molar-refractivity contribution in [2.45, 2.75) is 26.9 Å². The summed E-state index contributed by atoms with van der Waals surface area (Å²) in [5.41, 5.74) is 1.72. The van der Waals surface area contributed by atoms with Crippen molar-refractivity contribution < 1.29 is 4.74 Å². The summed E-state index contributed by atoms with van der Waals surface area (Å²) in [7, 11) is 0. The minimum Gasteiger partial charge on any atom is -0.489 e. The van der Waals surface area contributed by atoms with Gasteiger partial charge in [-0.15, -0.1) is 0 Å². The molecule has 0 unspecified atom stereocenters. The van der Waals surface area contributed by atoms with Crippen molar-refractivity contribution in [3.05, 3.63) is 40.3 Å². The van der Waals surface area contributed by atoms with Gasteiger partial charge in [0.25, 0.3) is 0 Å². The molecule has 0 bridgehead atoms. The lowest BCUT2D eigenvalue weighted by Gasteiger charge is -2.14. The van der Waals surface area contributed by atoms with Gasteiger partial charge in [-0.2, -0.15) is 0 Å². The van der Waals surface area contributed by atoms with Crippen LogP contribution in [0.2, 0.25) is 10.3 Å². The third kappa shape index (κ3) is 3.74. The van der Waals surface area contributed by atoms with E-state index < -0.39 is 0 Å². The highest BCUT2D eigenvalue weighted by molar-refractivity contribution is 6.32. The Hall–Kier alpha value is -1.52. The van der Waals surface area contributed by atoms with Gasteiger partial charge in [-0.1, -0.05) is 11.6 Å². The maximum Gasteiger partial charge on any atom is 0.224 e. The molecule has 1 heterocycles. The summed E-state index contributed by atoms with van der Waals surface area (Å²) >= 11 is 11.9. The Morgan fingerprint density at radius 3 is 2.70 bits per heavy atom. The molecule has 0 aliphatic carbocycles. The van der Waals surface area contributed by atoms with Crippen LogP contribution in [0.5, 0.6) is 5.75 Å². The second kappa shape index (κ2) is 6.29. The Morgan fingerprint density at radius 2 is 2.00 bits per heavy atom. The van der Waals surface area contributed by atoms with Crippen molar-refractivity contribution in [3.63, 3.8) is 0 Å². The first kappa shape index (κ1) is 14.9. The number of halogens is 2. The normalized spacial score (nSPS) is 10.7. The highest BCUT2D eigenvalue weighted by atomic mass is 35.5. The summed E-state index contributed by atoms with van der Waals surface area (Å²) in [6.07, 6.45) is 1.72. The Balaban J connectivity index is 2.27. The van der Waals surface area contributed by atoms with E-state index >= 15 is 0 Å². The molecule has 1 N–H and O–H groups in total. The Kier molecular flexibility index (Phi) is 4.68. The van der Waals surface area contributed by atoms with E-state index in [4.69, 9.17) is 27.9 Å². The lowest BCUT2D eigenvalue weighted by atomic mass is 10.2. The van der Waals surface area contributed by atoms with Crippen LogP contribution < -0.4 is 10.1 Å². The largest absolute Gasteiger partial charge is 0.489 e. The summed E-state index contributed by atoms with van der Waals surface area (Å²) < 4.78 is 5.65. The van der Waals surface area contributed by atoms with Gasteiger partial charge in [0.2, 0.25) is 5.28 Å². The molecule has 106 valence electrons. The third-order valence-electron chi connectivity index (χ3n) is 2.50. The van der Waals surface area contributed by atoms with Crippen molar-refractivity contribution in [2.24, 2.45) is 0 Å². The molecular formula is C14H15Cl2N3O. The van der Waals surface area contributed by atoms with E-state index in [0.29, 0.717) is 16.6 Å². The summed E-state index contributed by atoms with van der Waals surface area (Å²) in [5, 5.41) is 3.95. The predicted octanol–water partition coefficient (Wildman–Crippen LogP) is 4.62. The molecule has 0 fully saturated rings. The van der Waals surface area contributed by atoms with Crippen LogP contribution in [-0.2, 0) is 0 Å². The predicted molar refractivity (Wildman–Crippen MR) is 82.3 cm³/mol. The lowest BCUT2D eigenvalue weighted by molar-refractivity contribution is 0.242. The van der Waals surface area contributed by atoms with E-state index in [1.54, 1.807) is 12.3 Å². The molecule has 1 aromatic heterocycles. The number of rotatable bonds is 4. The van der Waals surface area contributed by atoms with Crippen molar-refractivity contribution in [1.82, 2.24) is 9.97 Å². The highest BCUT2D eigenvalue weighted by Gasteiger charge is 2.08. The first-order valence-electron chi connectivity index (χ1n) is 6.18. The smallest absolute Gasteiger partial charge is 0.224 e. The van der Waals surface area contributed by atoms with Gasteiger partial charge in [0, 0.05) is 23.5 Å². The van der Waals surface area contributed by atoms with Gasteiger partial charge < -0.3 is 10.1 Å². The maximum atomic E-state index is 6.10. The number of nitrogens with one attached hydrogen (secondary N) is 1. The molecule has 0 amide bonds. The van der Waals surface area contributed by atoms with Crippen molar-refractivity contribution in [2.75, 3.05) is 5.32 Å². The number of ether oxygens (including phenoxy) is 1. The summed E-state index contributed by atoms with van der Waals surface area (Å²) in [6, 6.07) is 5.46. The zero-order valence-electron chi connectivity index (χ0n) is 11.4. The molecule has 0 atom stereocenters. The van der Waals surface area contributed by atoms with E-state index in [1.165, 1.54) is 0 Å². The van der Waals surface area contributed by atoms with E-state index in [1.807, 2.05) is 32.9 Å². The molecule has 0 aliphatic rings. The van der Waals surface area contributed by atoms with Crippen molar-refractivity contribution in [1.29, 1.82) is 0 Å². The molecule has 6 heteroatoms. The number of anilines is 2. The molecule has 20 heavy (non-hydrogen) atoms. The number of nitrogens with zero attached hydrogens (tertiary/aromatic N) is 2. The molecule has 0 saturated heterocycles. The van der Waals surface area contributed by atoms with Crippen LogP contribution in [0, 0.1) is 6.92 Å². The summed E-state index contributed by atoms with van der Waals surface area (Å²) in [4.78, 5) is 8.07. The van der Waals surface area contributed by atoms with Crippen LogP contribution in [0.3, 0.4) is 0 Å². The van der Waals surface area contributed by atoms with Gasteiger partial charge >= 0.3 is 0 Å². The molecule has 0 saturated carbocycles. The molecule has 0 radical (unpaired) electrons. The first-order valence-corrected chi connectivity index (χ1v) is 6.93. The quantitative estimate of drug-likeness (QED) is 0.837. The van der Waals surface area contributed by atoms with Crippen molar-refractivity contribution in [3.8, 4) is 5.75 Å². The number of hydrogen-bond acceptors (Lipinski definition) is 4. The van der Waals surface area contributed by atoms with Gasteiger partial charge in [-0.25, -0.2) is 9.97 Å². The Morgan fingerprint density at radius 1 is 1.25 bits per heavy atom. The number of aromatic nitrogens is 2. The standard InChI is InChI=1S/C14H15Cl2N3O/c1-8(2)20-12-6-10(4-5-11(12)15)18-13-9(3)7-17-14(16)19-13/h4-8H,1-3H3,(H,17,18,19). The highest BCUT2D eigenvalue weighted by Crippen LogP contribution is 2.30. The fourth-order valence-corrected chi connectivity index (χ4v) is 1.90. The van der Waals surface area contributed by atoms with E-state index in [-0.39, 0.29) is 11.4 Å². The molecule has 1 aromatic carbocycles. The summed E-state index contributed by atoms with van der Waals surface area (Å²) in [6.45, 7) is 5.80. The third-order valence-corrected chi connectivity index (χ3v) is 2.99. The minimum atomic E-state index is 0.0537. The van der Waals surface area contributed by atoms with Gasteiger partial charge in [0.1, 0.15) is 11.6 Å². The zero-order chi connectivity index (χ0) is 14.7. The van der Waals surface area contributed by atoms with Gasteiger partial charge in [-0.3, -0.25) is 0 Å². The van der Waals surface area contributed by atoms with Crippen LogP contribution in [0.25, 0.3) is 0 Å². The first-order chi connectivity index (χ1) is 9.45. The number of aryl methyl sites for hydroxylation is 1. The van der Waals surface area contributed by atoms with E-state index in [9.17, 15) is 0 Å². The molecule has 2 rings (SSSR count). The Bertz CT molecular complexity index is 617. The molecular weight excluding hydrogens is 297 g/mol. The van der Waals surface area contributed by atoms with E-state index in [2.05, 4.69) is 15.3 Å². The molecule has 0 aliphatic heterocycles. The van der Waals surface area contributed by atoms with Gasteiger partial charge in [0.15, 0.2) is 0 Å². The van der Waals surface area contributed by atoms with Gasteiger partial charge in [0.05, 0.1) is 11.1 Å². The van der Waals surface area contributed by atoms with E-state index in [0.717, 1.165) is 11.3 Å². The minimum absolute atomic E-state index is 0.0537. The van der Waals surface area contributed by atoms with Crippen molar-refractivity contribution >= 4 is 34.7 Å². The van der Waals surface area contributed by atoms with Crippen LogP contribution >= 0.6 is 23.2 Å². The lowest BCUT2D eigenvalue weighted by Crippen LogP contribution is -2.06. The van der Waals surface area contributed by atoms with Crippen LogP contribution in [-0.4, -0.2) is 16.1 Å². The average molecular weight is 312 g/mol. The maximum absolute atomic E-state index is 6.10. The second-order valence-electron chi connectivity index (χ2n) is 4.61. The molecule has 0 spiro atoms. The van der Waals surface area contributed by atoms with Gasteiger partial charge in [-0.05, 0) is 44.5 Å². The number of benzene rings is 1. The SMILES string of the molecule is Cc1cnc(Cl)nc1Nc1ccc(Cl)c(OC(C)C)c1. The van der Waals surface area contributed by atoms with Crippen LogP contribution in [0.1, 0.15) is 19.4 Å².